The van der Waals surface area contributed by atoms with Gasteiger partial charge in [0.2, 0.25) is 0 Å². The van der Waals surface area contributed by atoms with Crippen molar-refractivity contribution in [3.63, 3.8) is 0 Å². The summed E-state index contributed by atoms with van der Waals surface area (Å²) in [6.45, 7) is 5.61. The minimum absolute atomic E-state index is 0.110. The molecule has 0 N–H and O–H groups in total. The average Bonchev–Trinajstić information content (AvgIpc) is 1.80. The lowest BCUT2D eigenvalue weighted by molar-refractivity contribution is -0.111. The van der Waals surface area contributed by atoms with Gasteiger partial charge in [-0.05, 0) is 31.4 Å². The van der Waals surface area contributed by atoms with E-state index in [2.05, 4.69) is 6.58 Å². The van der Waals surface area contributed by atoms with Gasteiger partial charge in [-0.25, -0.2) is 0 Å². The third kappa shape index (κ3) is 1.28. The Balaban J connectivity index is 2.82. The molecule has 0 aromatic carbocycles. The van der Waals surface area contributed by atoms with Gasteiger partial charge in [-0.15, -0.1) is 0 Å². The molecule has 0 unspecified atom stereocenters. The van der Waals surface area contributed by atoms with Gasteiger partial charge in [-0.2, -0.15) is 0 Å². The average molecular weight is 122 g/mol. The Hall–Kier alpha value is -0.850. The SMILES string of the molecule is C=C1CCC(C)=CC1=O. The molecule has 0 atom stereocenters. The number of allylic oxidation sites excluding steroid dienone is 3. The van der Waals surface area contributed by atoms with Crippen molar-refractivity contribution in [2.75, 3.05) is 0 Å². The molecule has 1 rings (SSSR count). The third-order valence-electron chi connectivity index (χ3n) is 1.55. The van der Waals surface area contributed by atoms with E-state index >= 15 is 0 Å². The highest BCUT2D eigenvalue weighted by Crippen LogP contribution is 2.17. The summed E-state index contributed by atoms with van der Waals surface area (Å²) in [5, 5.41) is 0. The van der Waals surface area contributed by atoms with Gasteiger partial charge in [0.05, 0.1) is 0 Å². The van der Waals surface area contributed by atoms with E-state index in [9.17, 15) is 4.79 Å². The standard InChI is InChI=1S/C8H10O/c1-6-3-4-7(2)8(9)5-6/h5H,2-4H2,1H3. The van der Waals surface area contributed by atoms with Crippen molar-refractivity contribution in [3.8, 4) is 0 Å². The first-order valence-corrected chi connectivity index (χ1v) is 3.09. The summed E-state index contributed by atoms with van der Waals surface area (Å²) in [6, 6.07) is 0. The Morgan fingerprint density at radius 2 is 2.22 bits per heavy atom. The molecule has 1 nitrogen and oxygen atoms in total. The molecule has 0 spiro atoms. The summed E-state index contributed by atoms with van der Waals surface area (Å²) in [5.41, 5.74) is 1.92. The third-order valence-corrected chi connectivity index (χ3v) is 1.55. The Morgan fingerprint density at radius 3 is 2.67 bits per heavy atom. The van der Waals surface area contributed by atoms with Crippen LogP contribution in [0.15, 0.2) is 23.8 Å². The second-order valence-corrected chi connectivity index (χ2v) is 2.46. The van der Waals surface area contributed by atoms with Gasteiger partial charge in [0.25, 0.3) is 0 Å². The second-order valence-electron chi connectivity index (χ2n) is 2.46. The van der Waals surface area contributed by atoms with E-state index in [4.69, 9.17) is 0 Å². The first-order chi connectivity index (χ1) is 4.20. The molecule has 0 radical (unpaired) electrons. The number of hydrogen-bond acceptors (Lipinski definition) is 1. The van der Waals surface area contributed by atoms with Crippen LogP contribution in [0.3, 0.4) is 0 Å². The molecule has 0 amide bonds. The maximum absolute atomic E-state index is 10.8. The summed E-state index contributed by atoms with van der Waals surface area (Å²) in [7, 11) is 0. The van der Waals surface area contributed by atoms with E-state index in [0.717, 1.165) is 18.4 Å². The molecule has 1 aliphatic carbocycles. The highest BCUT2D eigenvalue weighted by atomic mass is 16.1. The zero-order chi connectivity index (χ0) is 6.85. The van der Waals surface area contributed by atoms with Gasteiger partial charge in [0.15, 0.2) is 5.78 Å². The lowest BCUT2D eigenvalue weighted by atomic mass is 9.96. The molecule has 0 heterocycles. The van der Waals surface area contributed by atoms with Crippen molar-refractivity contribution >= 4 is 5.78 Å². The van der Waals surface area contributed by atoms with Crippen LogP contribution >= 0.6 is 0 Å². The summed E-state index contributed by atoms with van der Waals surface area (Å²) in [5.74, 6) is 0.110. The first kappa shape index (κ1) is 6.27. The van der Waals surface area contributed by atoms with Crippen LogP contribution < -0.4 is 0 Å². The molecule has 0 aliphatic heterocycles. The summed E-state index contributed by atoms with van der Waals surface area (Å²) >= 11 is 0. The van der Waals surface area contributed by atoms with E-state index < -0.39 is 0 Å². The van der Waals surface area contributed by atoms with Gasteiger partial charge >= 0.3 is 0 Å². The molecule has 0 fully saturated rings. The predicted molar refractivity (Wildman–Crippen MR) is 37.1 cm³/mol. The quantitative estimate of drug-likeness (QED) is 0.448. The fraction of sp³-hybridized carbons (Fsp3) is 0.375. The summed E-state index contributed by atoms with van der Waals surface area (Å²) in [6.07, 6.45) is 3.53. The first-order valence-electron chi connectivity index (χ1n) is 3.09. The lowest BCUT2D eigenvalue weighted by Crippen LogP contribution is -2.03. The van der Waals surface area contributed by atoms with E-state index in [1.165, 1.54) is 5.57 Å². The van der Waals surface area contributed by atoms with E-state index in [0.29, 0.717) is 0 Å². The minimum Gasteiger partial charge on any atom is -0.290 e. The van der Waals surface area contributed by atoms with Crippen LogP contribution in [-0.2, 0) is 4.79 Å². The second kappa shape index (κ2) is 2.18. The zero-order valence-corrected chi connectivity index (χ0v) is 5.61. The van der Waals surface area contributed by atoms with E-state index in [1.54, 1.807) is 6.08 Å². The van der Waals surface area contributed by atoms with Crippen LogP contribution in [0.1, 0.15) is 19.8 Å². The largest absolute Gasteiger partial charge is 0.290 e. The number of carbonyl (C=O) groups excluding carboxylic acids is 1. The van der Waals surface area contributed by atoms with Crippen molar-refractivity contribution < 1.29 is 4.79 Å². The molecule has 0 saturated carbocycles. The number of carbonyl (C=O) groups is 1. The van der Waals surface area contributed by atoms with Crippen LogP contribution in [0.2, 0.25) is 0 Å². The van der Waals surface area contributed by atoms with E-state index in [-0.39, 0.29) is 5.78 Å². The van der Waals surface area contributed by atoms with Crippen molar-refractivity contribution in [2.24, 2.45) is 0 Å². The van der Waals surface area contributed by atoms with Gasteiger partial charge in [-0.3, -0.25) is 4.79 Å². The number of rotatable bonds is 0. The molecule has 0 bridgehead atoms. The normalized spacial score (nSPS) is 19.9. The highest BCUT2D eigenvalue weighted by molar-refractivity contribution is 6.04. The lowest BCUT2D eigenvalue weighted by Gasteiger charge is -2.08. The van der Waals surface area contributed by atoms with Gasteiger partial charge < -0.3 is 0 Å². The van der Waals surface area contributed by atoms with Crippen LogP contribution in [-0.4, -0.2) is 5.78 Å². The molecule has 48 valence electrons. The van der Waals surface area contributed by atoms with Crippen molar-refractivity contribution in [2.45, 2.75) is 19.8 Å². The molecular weight excluding hydrogens is 112 g/mol. The number of hydrogen-bond donors (Lipinski definition) is 0. The molecule has 1 heteroatoms. The van der Waals surface area contributed by atoms with Gasteiger partial charge in [0.1, 0.15) is 0 Å². The Kier molecular flexibility index (Phi) is 1.52. The predicted octanol–water partition coefficient (Wildman–Crippen LogP) is 1.85. The molecule has 1 aliphatic rings. The molecule has 0 aromatic rings. The fourth-order valence-electron chi connectivity index (χ4n) is 0.869. The van der Waals surface area contributed by atoms with Gasteiger partial charge in [0, 0.05) is 0 Å². The van der Waals surface area contributed by atoms with Crippen LogP contribution in [0.5, 0.6) is 0 Å². The Labute approximate surface area is 55.1 Å². The fourth-order valence-corrected chi connectivity index (χ4v) is 0.869. The smallest absolute Gasteiger partial charge is 0.181 e. The Morgan fingerprint density at radius 1 is 1.56 bits per heavy atom. The molecule has 0 saturated heterocycles. The van der Waals surface area contributed by atoms with Crippen LogP contribution in [0.4, 0.5) is 0 Å². The minimum atomic E-state index is 0.110. The van der Waals surface area contributed by atoms with E-state index in [1.807, 2.05) is 6.92 Å². The van der Waals surface area contributed by atoms with Crippen LogP contribution in [0.25, 0.3) is 0 Å². The van der Waals surface area contributed by atoms with Crippen LogP contribution in [0, 0.1) is 0 Å². The monoisotopic (exact) mass is 122 g/mol. The topological polar surface area (TPSA) is 17.1 Å². The highest BCUT2D eigenvalue weighted by Gasteiger charge is 2.09. The molecular formula is C8H10O. The maximum atomic E-state index is 10.8. The molecule has 9 heavy (non-hydrogen) atoms. The maximum Gasteiger partial charge on any atom is 0.181 e. The number of ketones is 1. The van der Waals surface area contributed by atoms with Crippen molar-refractivity contribution in [1.82, 2.24) is 0 Å². The van der Waals surface area contributed by atoms with Crippen molar-refractivity contribution in [3.05, 3.63) is 23.8 Å². The van der Waals surface area contributed by atoms with Crippen molar-refractivity contribution in [1.29, 1.82) is 0 Å². The summed E-state index contributed by atoms with van der Waals surface area (Å²) < 4.78 is 0. The van der Waals surface area contributed by atoms with Gasteiger partial charge in [-0.1, -0.05) is 12.2 Å². The summed E-state index contributed by atoms with van der Waals surface area (Å²) in [4.78, 5) is 10.8. The zero-order valence-electron chi connectivity index (χ0n) is 5.61. The molecule has 0 aromatic heterocycles. The Bertz CT molecular complexity index is 187.